The summed E-state index contributed by atoms with van der Waals surface area (Å²) in [5.74, 6) is 0.673. The number of likely N-dealkylation sites (N-methyl/N-ethyl adjacent to an activating group) is 1. The first kappa shape index (κ1) is 26.9. The third-order valence-corrected chi connectivity index (χ3v) is 5.34. The predicted octanol–water partition coefficient (Wildman–Crippen LogP) is 5.17. The maximum atomic E-state index is 13.7. The third kappa shape index (κ3) is 7.40. The monoisotopic (exact) mass is 557 g/mol. The summed E-state index contributed by atoms with van der Waals surface area (Å²) < 4.78 is 20.0. The SMILES string of the molecule is C=CC(=O)Nc1cc(Nc2cc(Nc3cc(F)cc(Br)c3)ncn2)c(OC)cc1N(C)CC(C)(C)N. The Morgan fingerprint density at radius 1 is 1.17 bits per heavy atom. The van der Waals surface area contributed by atoms with E-state index < -0.39 is 5.54 Å². The number of anilines is 6. The van der Waals surface area contributed by atoms with Gasteiger partial charge in [-0.2, -0.15) is 0 Å². The van der Waals surface area contributed by atoms with Crippen LogP contribution in [0.2, 0.25) is 0 Å². The number of amides is 1. The average molecular weight is 558 g/mol. The van der Waals surface area contributed by atoms with Crippen LogP contribution >= 0.6 is 15.9 Å². The third-order valence-electron chi connectivity index (χ3n) is 4.88. The molecule has 3 rings (SSSR count). The second kappa shape index (κ2) is 11.4. The zero-order valence-corrected chi connectivity index (χ0v) is 22.1. The van der Waals surface area contributed by atoms with Gasteiger partial charge in [-0.15, -0.1) is 0 Å². The summed E-state index contributed by atoms with van der Waals surface area (Å²) in [7, 11) is 3.43. The summed E-state index contributed by atoms with van der Waals surface area (Å²) >= 11 is 3.28. The van der Waals surface area contributed by atoms with Gasteiger partial charge in [-0.25, -0.2) is 14.4 Å². The molecule has 5 N–H and O–H groups in total. The molecule has 0 saturated carbocycles. The second-order valence-electron chi connectivity index (χ2n) is 8.80. The van der Waals surface area contributed by atoms with E-state index in [1.807, 2.05) is 25.8 Å². The number of halogens is 2. The molecule has 0 bridgehead atoms. The van der Waals surface area contributed by atoms with Crippen LogP contribution in [-0.4, -0.2) is 42.1 Å². The molecular formula is C25H29BrFN7O2. The Morgan fingerprint density at radius 3 is 2.47 bits per heavy atom. The summed E-state index contributed by atoms with van der Waals surface area (Å²) in [6.07, 6.45) is 2.57. The molecule has 1 amide bonds. The molecule has 0 radical (unpaired) electrons. The van der Waals surface area contributed by atoms with Gasteiger partial charge in [0.15, 0.2) is 0 Å². The van der Waals surface area contributed by atoms with Gasteiger partial charge in [-0.3, -0.25) is 4.79 Å². The minimum Gasteiger partial charge on any atom is -0.494 e. The highest BCUT2D eigenvalue weighted by molar-refractivity contribution is 9.10. The fraction of sp³-hybridized carbons (Fsp3) is 0.240. The van der Waals surface area contributed by atoms with Crippen molar-refractivity contribution >= 4 is 56.2 Å². The van der Waals surface area contributed by atoms with Crippen molar-refractivity contribution in [2.45, 2.75) is 19.4 Å². The van der Waals surface area contributed by atoms with E-state index in [0.29, 0.717) is 51.2 Å². The molecule has 11 heteroatoms. The Hall–Kier alpha value is -3.70. The van der Waals surface area contributed by atoms with Gasteiger partial charge in [0.2, 0.25) is 5.91 Å². The standard InChI is InChI=1S/C25H29BrFN7O2/c1-6-24(35)33-18-10-19(21(36-5)11-20(18)34(4)13-25(2,3)28)32-23-12-22(29-14-30-23)31-17-8-15(26)7-16(27)9-17/h6-12,14H,1,13,28H2,2-5H3,(H,33,35)(H2,29,30,31,32). The molecular weight excluding hydrogens is 529 g/mol. The van der Waals surface area contributed by atoms with Crippen LogP contribution in [0.5, 0.6) is 5.75 Å². The van der Waals surface area contributed by atoms with E-state index in [2.05, 4.69) is 48.4 Å². The number of rotatable bonds is 10. The van der Waals surface area contributed by atoms with Gasteiger partial charge in [0.25, 0.3) is 0 Å². The maximum Gasteiger partial charge on any atom is 0.247 e. The molecule has 0 fully saturated rings. The van der Waals surface area contributed by atoms with Gasteiger partial charge in [-0.1, -0.05) is 22.5 Å². The highest BCUT2D eigenvalue weighted by atomic mass is 79.9. The van der Waals surface area contributed by atoms with Crippen molar-refractivity contribution in [2.24, 2.45) is 5.73 Å². The molecule has 190 valence electrons. The van der Waals surface area contributed by atoms with Crippen molar-refractivity contribution in [1.82, 2.24) is 9.97 Å². The van der Waals surface area contributed by atoms with E-state index in [4.69, 9.17) is 10.5 Å². The molecule has 0 unspecified atom stereocenters. The van der Waals surface area contributed by atoms with E-state index in [-0.39, 0.29) is 11.7 Å². The normalized spacial score (nSPS) is 11.0. The summed E-state index contributed by atoms with van der Waals surface area (Å²) in [5.41, 5.74) is 8.06. The lowest BCUT2D eigenvalue weighted by Crippen LogP contribution is -2.44. The van der Waals surface area contributed by atoms with Gasteiger partial charge >= 0.3 is 0 Å². The van der Waals surface area contributed by atoms with Crippen molar-refractivity contribution < 1.29 is 13.9 Å². The Bertz CT molecular complexity index is 1240. The quantitative estimate of drug-likeness (QED) is 0.252. The zero-order chi connectivity index (χ0) is 26.5. The fourth-order valence-corrected chi connectivity index (χ4v) is 4.00. The number of aromatic nitrogens is 2. The van der Waals surface area contributed by atoms with Crippen LogP contribution in [0.25, 0.3) is 0 Å². The Labute approximate surface area is 218 Å². The van der Waals surface area contributed by atoms with Gasteiger partial charge in [0.05, 0.1) is 24.2 Å². The number of hydrogen-bond donors (Lipinski definition) is 4. The fourth-order valence-electron chi connectivity index (χ4n) is 3.54. The largest absolute Gasteiger partial charge is 0.494 e. The minimum absolute atomic E-state index is 0.359. The van der Waals surface area contributed by atoms with Gasteiger partial charge in [0, 0.05) is 41.4 Å². The van der Waals surface area contributed by atoms with Crippen LogP contribution in [0.3, 0.4) is 0 Å². The molecule has 0 spiro atoms. The first-order valence-corrected chi connectivity index (χ1v) is 11.7. The van der Waals surface area contributed by atoms with Crippen LogP contribution in [0, 0.1) is 5.82 Å². The number of methoxy groups -OCH3 is 1. The van der Waals surface area contributed by atoms with E-state index in [1.165, 1.54) is 24.5 Å². The summed E-state index contributed by atoms with van der Waals surface area (Å²) in [6.45, 7) is 7.90. The Morgan fingerprint density at radius 2 is 1.86 bits per heavy atom. The summed E-state index contributed by atoms with van der Waals surface area (Å²) in [5, 5.41) is 9.09. The minimum atomic E-state index is -0.472. The maximum absolute atomic E-state index is 13.7. The number of hydrogen-bond acceptors (Lipinski definition) is 8. The molecule has 3 aromatic rings. The Kier molecular flexibility index (Phi) is 8.49. The first-order chi connectivity index (χ1) is 17.0. The van der Waals surface area contributed by atoms with Crippen molar-refractivity contribution in [1.29, 1.82) is 0 Å². The van der Waals surface area contributed by atoms with Crippen LogP contribution in [0.4, 0.5) is 38.8 Å². The number of carbonyl (C=O) groups excluding carboxylic acids is 1. The molecule has 2 aromatic carbocycles. The lowest BCUT2D eigenvalue weighted by Gasteiger charge is -2.30. The number of nitrogens with zero attached hydrogens (tertiary/aromatic N) is 3. The molecule has 0 aliphatic heterocycles. The van der Waals surface area contributed by atoms with E-state index >= 15 is 0 Å². The molecule has 1 heterocycles. The van der Waals surface area contributed by atoms with Crippen LogP contribution in [0.15, 0.2) is 59.9 Å². The molecule has 0 aliphatic carbocycles. The highest BCUT2D eigenvalue weighted by Gasteiger charge is 2.20. The van der Waals surface area contributed by atoms with Crippen molar-refractivity contribution in [2.75, 3.05) is 41.6 Å². The highest BCUT2D eigenvalue weighted by Crippen LogP contribution is 2.38. The number of benzene rings is 2. The zero-order valence-electron chi connectivity index (χ0n) is 20.5. The van der Waals surface area contributed by atoms with Crippen molar-refractivity contribution in [3.05, 3.63) is 65.7 Å². The molecule has 0 atom stereocenters. The van der Waals surface area contributed by atoms with Crippen LogP contribution in [0.1, 0.15) is 13.8 Å². The topological polar surface area (TPSA) is 117 Å². The van der Waals surface area contributed by atoms with E-state index in [0.717, 1.165) is 0 Å². The van der Waals surface area contributed by atoms with Crippen molar-refractivity contribution in [3.63, 3.8) is 0 Å². The van der Waals surface area contributed by atoms with Gasteiger partial charge in [0.1, 0.15) is 29.5 Å². The smallest absolute Gasteiger partial charge is 0.247 e. The van der Waals surface area contributed by atoms with Gasteiger partial charge in [-0.05, 0) is 44.2 Å². The summed E-state index contributed by atoms with van der Waals surface area (Å²) in [4.78, 5) is 22.6. The van der Waals surface area contributed by atoms with Crippen molar-refractivity contribution in [3.8, 4) is 5.75 Å². The average Bonchev–Trinajstić information content (AvgIpc) is 2.77. The van der Waals surface area contributed by atoms with E-state index in [1.54, 1.807) is 31.4 Å². The predicted molar refractivity (Wildman–Crippen MR) is 146 cm³/mol. The lowest BCUT2D eigenvalue weighted by atomic mass is 10.1. The number of carbonyl (C=O) groups is 1. The van der Waals surface area contributed by atoms with E-state index in [9.17, 15) is 9.18 Å². The first-order valence-electron chi connectivity index (χ1n) is 10.9. The molecule has 36 heavy (non-hydrogen) atoms. The number of nitrogens with two attached hydrogens (primary N) is 1. The molecule has 0 aliphatic rings. The molecule has 1 aromatic heterocycles. The summed E-state index contributed by atoms with van der Waals surface area (Å²) in [6, 6.07) is 9.66. The van der Waals surface area contributed by atoms with Crippen LogP contribution < -0.4 is 31.3 Å². The van der Waals surface area contributed by atoms with Gasteiger partial charge < -0.3 is 31.3 Å². The van der Waals surface area contributed by atoms with Crippen LogP contribution in [-0.2, 0) is 4.79 Å². The Balaban J connectivity index is 1.95. The number of ether oxygens (including phenoxy) is 1. The molecule has 9 nitrogen and oxygen atoms in total. The second-order valence-corrected chi connectivity index (χ2v) is 9.72. The number of nitrogens with one attached hydrogen (secondary N) is 3. The lowest BCUT2D eigenvalue weighted by molar-refractivity contribution is -0.111. The molecule has 0 saturated heterocycles.